The molecule has 5 rings (SSSR count). The second-order valence-corrected chi connectivity index (χ2v) is 10.3. The van der Waals surface area contributed by atoms with Crippen LogP contribution in [0.15, 0.2) is 67.3 Å². The number of aromatic nitrogens is 2. The van der Waals surface area contributed by atoms with Gasteiger partial charge in [-0.25, -0.2) is 4.98 Å². The number of hydrogen-bond acceptors (Lipinski definition) is 4. The summed E-state index contributed by atoms with van der Waals surface area (Å²) in [5, 5.41) is 0.769. The lowest BCUT2D eigenvalue weighted by atomic mass is 9.83. The molecule has 32 heavy (non-hydrogen) atoms. The first-order valence-electron chi connectivity index (χ1n) is 11.7. The minimum atomic E-state index is -0.127. The Morgan fingerprint density at radius 3 is 2.72 bits per heavy atom. The Morgan fingerprint density at radius 2 is 1.94 bits per heavy atom. The number of ketones is 1. The Balaban J connectivity index is 1.29. The Labute approximate surface area is 194 Å². The van der Waals surface area contributed by atoms with Crippen LogP contribution in [0.2, 0.25) is 0 Å². The summed E-state index contributed by atoms with van der Waals surface area (Å²) in [7, 11) is 0. The molecule has 1 heterocycles. The summed E-state index contributed by atoms with van der Waals surface area (Å²) in [5.41, 5.74) is 3.15. The molecule has 4 nitrogen and oxygen atoms in total. The lowest BCUT2D eigenvalue weighted by molar-refractivity contribution is 0.0916. The van der Waals surface area contributed by atoms with Crippen molar-refractivity contribution in [2.75, 3.05) is 5.75 Å². The summed E-state index contributed by atoms with van der Waals surface area (Å²) in [6, 6.07) is 16.3. The molecule has 5 heteroatoms. The van der Waals surface area contributed by atoms with Crippen LogP contribution in [0.4, 0.5) is 0 Å². The third-order valence-corrected chi connectivity index (χ3v) is 8.23. The third-order valence-electron chi connectivity index (χ3n) is 6.70. The Morgan fingerprint density at radius 1 is 1.09 bits per heavy atom. The van der Waals surface area contributed by atoms with Crippen LogP contribution in [-0.2, 0) is 13.0 Å². The summed E-state index contributed by atoms with van der Waals surface area (Å²) in [4.78, 5) is 17.3. The zero-order chi connectivity index (χ0) is 21.8. The molecule has 1 saturated carbocycles. The van der Waals surface area contributed by atoms with Crippen LogP contribution in [0.3, 0.4) is 0 Å². The predicted octanol–water partition coefficient (Wildman–Crippen LogP) is 6.12. The second-order valence-electron chi connectivity index (χ2n) is 8.94. The van der Waals surface area contributed by atoms with Crippen LogP contribution in [-0.4, -0.2) is 26.3 Å². The van der Waals surface area contributed by atoms with Gasteiger partial charge < -0.3 is 9.30 Å². The van der Waals surface area contributed by atoms with Gasteiger partial charge in [-0.1, -0.05) is 43.2 Å². The molecule has 1 unspecified atom stereocenters. The highest BCUT2D eigenvalue weighted by Crippen LogP contribution is 2.35. The minimum Gasteiger partial charge on any atom is -0.484 e. The number of benzene rings is 2. The van der Waals surface area contributed by atoms with Gasteiger partial charge in [0.1, 0.15) is 11.9 Å². The van der Waals surface area contributed by atoms with Gasteiger partial charge in [0, 0.05) is 34.9 Å². The Kier molecular flexibility index (Phi) is 6.63. The lowest BCUT2D eigenvalue weighted by Crippen LogP contribution is -2.25. The molecule has 0 saturated heterocycles. The van der Waals surface area contributed by atoms with Crippen molar-refractivity contribution in [3.63, 3.8) is 0 Å². The van der Waals surface area contributed by atoms with Gasteiger partial charge in [-0.2, -0.15) is 11.8 Å². The van der Waals surface area contributed by atoms with Crippen LogP contribution < -0.4 is 4.74 Å². The number of nitrogens with zero attached hydrogens (tertiary/aromatic N) is 2. The predicted molar refractivity (Wildman–Crippen MR) is 129 cm³/mol. The SMILES string of the molecule is O=C1c2ccc(O[C@H](Cn3ccnc3)c3ccccc3)cc2CCC1CSC1CCCC1. The molecule has 0 N–H and O–H groups in total. The maximum Gasteiger partial charge on any atom is 0.167 e. The van der Waals surface area contributed by atoms with Crippen LogP contribution in [0.5, 0.6) is 5.75 Å². The maximum atomic E-state index is 13.1. The Bertz CT molecular complexity index is 1030. The third kappa shape index (κ3) is 4.93. The largest absolute Gasteiger partial charge is 0.484 e. The summed E-state index contributed by atoms with van der Waals surface area (Å²) < 4.78 is 8.49. The van der Waals surface area contributed by atoms with Crippen molar-refractivity contribution < 1.29 is 9.53 Å². The van der Waals surface area contributed by atoms with Crippen LogP contribution in [0, 0.1) is 5.92 Å². The quantitative estimate of drug-likeness (QED) is 0.418. The van der Waals surface area contributed by atoms with E-state index in [0.29, 0.717) is 12.3 Å². The molecular formula is C27H30N2O2S. The highest BCUT2D eigenvalue weighted by atomic mass is 32.2. The monoisotopic (exact) mass is 446 g/mol. The van der Waals surface area contributed by atoms with Gasteiger partial charge in [-0.05, 0) is 55.0 Å². The van der Waals surface area contributed by atoms with Crippen molar-refractivity contribution in [1.82, 2.24) is 9.55 Å². The molecule has 0 aliphatic heterocycles. The van der Waals surface area contributed by atoms with Gasteiger partial charge >= 0.3 is 0 Å². The minimum absolute atomic E-state index is 0.127. The van der Waals surface area contributed by atoms with Gasteiger partial charge in [0.05, 0.1) is 12.9 Å². The van der Waals surface area contributed by atoms with Crippen LogP contribution in [0.1, 0.15) is 59.7 Å². The van der Waals surface area contributed by atoms with E-state index < -0.39 is 0 Å². The summed E-state index contributed by atoms with van der Waals surface area (Å²) in [5.74, 6) is 2.28. The van der Waals surface area contributed by atoms with Crippen LogP contribution >= 0.6 is 11.8 Å². The fourth-order valence-electron chi connectivity index (χ4n) is 4.87. The van der Waals surface area contributed by atoms with Crippen molar-refractivity contribution in [2.24, 2.45) is 5.92 Å². The summed E-state index contributed by atoms with van der Waals surface area (Å²) in [6.07, 6.45) is 12.7. The highest BCUT2D eigenvalue weighted by Gasteiger charge is 2.29. The van der Waals surface area contributed by atoms with E-state index in [2.05, 4.69) is 23.2 Å². The first-order valence-corrected chi connectivity index (χ1v) is 12.8. The average Bonchev–Trinajstić information content (AvgIpc) is 3.53. The number of fused-ring (bicyclic) bond motifs is 1. The first kappa shape index (κ1) is 21.3. The van der Waals surface area contributed by atoms with Gasteiger partial charge in [-0.3, -0.25) is 4.79 Å². The zero-order valence-corrected chi connectivity index (χ0v) is 19.2. The van der Waals surface area contributed by atoms with Gasteiger partial charge in [-0.15, -0.1) is 0 Å². The lowest BCUT2D eigenvalue weighted by Gasteiger charge is -2.26. The standard InChI is InChI=1S/C27H30N2O2S/c30-27-22(18-32-24-8-4-5-9-24)11-10-21-16-23(12-13-25(21)27)31-26(17-29-15-14-28-19-29)20-6-2-1-3-7-20/h1-3,6-7,12-16,19,22,24,26H,4-5,8-11,17-18H2/t22?,26-/m1/s1. The summed E-state index contributed by atoms with van der Waals surface area (Å²) >= 11 is 2.03. The summed E-state index contributed by atoms with van der Waals surface area (Å²) in [6.45, 7) is 0.681. The van der Waals surface area contributed by atoms with Crippen molar-refractivity contribution in [1.29, 1.82) is 0 Å². The zero-order valence-electron chi connectivity index (χ0n) is 18.4. The average molecular weight is 447 g/mol. The number of rotatable bonds is 8. The number of carbonyl (C=O) groups is 1. The molecule has 2 aliphatic carbocycles. The number of imidazole rings is 1. The van der Waals surface area contributed by atoms with Crippen molar-refractivity contribution in [3.8, 4) is 5.75 Å². The molecule has 2 aliphatic rings. The first-order chi connectivity index (χ1) is 15.8. The maximum absolute atomic E-state index is 13.1. The molecule has 0 spiro atoms. The van der Waals surface area contributed by atoms with E-state index in [1.54, 1.807) is 6.20 Å². The number of hydrogen-bond donors (Lipinski definition) is 0. The molecule has 166 valence electrons. The number of aryl methyl sites for hydroxylation is 1. The van der Waals surface area contributed by atoms with Crippen molar-refractivity contribution in [3.05, 3.63) is 83.9 Å². The molecule has 1 fully saturated rings. The van der Waals surface area contributed by atoms with Gasteiger partial charge in [0.15, 0.2) is 5.78 Å². The van der Waals surface area contributed by atoms with E-state index >= 15 is 0 Å². The molecule has 2 atom stereocenters. The van der Waals surface area contributed by atoms with Crippen LogP contribution in [0.25, 0.3) is 0 Å². The van der Waals surface area contributed by atoms with Gasteiger partial charge in [0.25, 0.3) is 0 Å². The Hall–Kier alpha value is -2.53. The topological polar surface area (TPSA) is 44.1 Å². The van der Waals surface area contributed by atoms with E-state index in [4.69, 9.17) is 4.74 Å². The number of Topliss-reactive ketones (excluding diaryl/α,β-unsaturated/α-hetero) is 1. The smallest absolute Gasteiger partial charge is 0.167 e. The van der Waals surface area contributed by atoms with E-state index in [0.717, 1.165) is 46.3 Å². The molecule has 0 bridgehead atoms. The number of ether oxygens (including phenoxy) is 1. The van der Waals surface area contributed by atoms with Crippen molar-refractivity contribution >= 4 is 17.5 Å². The molecule has 2 aromatic carbocycles. The number of thioether (sulfide) groups is 1. The van der Waals surface area contributed by atoms with E-state index in [9.17, 15) is 4.79 Å². The van der Waals surface area contributed by atoms with E-state index in [1.807, 2.05) is 59.2 Å². The fraction of sp³-hybridized carbons (Fsp3) is 0.407. The molecule has 1 aromatic heterocycles. The van der Waals surface area contributed by atoms with E-state index in [-0.39, 0.29) is 12.0 Å². The molecular weight excluding hydrogens is 416 g/mol. The number of carbonyl (C=O) groups excluding carboxylic acids is 1. The molecule has 0 amide bonds. The second kappa shape index (κ2) is 9.95. The highest BCUT2D eigenvalue weighted by molar-refractivity contribution is 7.99. The van der Waals surface area contributed by atoms with Crippen molar-refractivity contribution in [2.45, 2.75) is 56.4 Å². The van der Waals surface area contributed by atoms with Gasteiger partial charge in [0.2, 0.25) is 0 Å². The fourth-order valence-corrected chi connectivity index (χ4v) is 6.36. The normalized spacial score (nSPS) is 19.6. The molecule has 3 aromatic rings. The van der Waals surface area contributed by atoms with E-state index in [1.165, 1.54) is 25.7 Å². The molecule has 0 radical (unpaired) electrons.